The summed E-state index contributed by atoms with van der Waals surface area (Å²) in [4.78, 5) is 14.3. The number of aryl methyl sites for hydroxylation is 1. The van der Waals surface area contributed by atoms with Crippen LogP contribution in [-0.4, -0.2) is 58.3 Å². The third kappa shape index (κ3) is 10.8. The van der Waals surface area contributed by atoms with Gasteiger partial charge in [0.1, 0.15) is 5.75 Å². The van der Waals surface area contributed by atoms with Crippen LogP contribution in [0.2, 0.25) is 5.02 Å². The van der Waals surface area contributed by atoms with Crippen LogP contribution in [0.4, 0.5) is 5.69 Å². The smallest absolute Gasteiger partial charge is 0.248 e. The molecule has 5 atom stereocenters. The second-order valence-electron chi connectivity index (χ2n) is 11.8. The average Bonchev–Trinajstić information content (AvgIpc) is 3.17. The molecule has 1 aliphatic heterocycles. The van der Waals surface area contributed by atoms with Crippen LogP contribution in [0.1, 0.15) is 49.5 Å². The summed E-state index contributed by atoms with van der Waals surface area (Å²) in [6.07, 6.45) is 10.3. The number of rotatable bonds is 16. The Kier molecular flexibility index (Phi) is 15.6. The zero-order valence-electron chi connectivity index (χ0n) is 26.3. The maximum Gasteiger partial charge on any atom is 0.248 e. The number of fused-ring (bicyclic) bond motifs is 1. The van der Waals surface area contributed by atoms with E-state index in [0.717, 1.165) is 74.0 Å². The van der Waals surface area contributed by atoms with E-state index in [1.165, 1.54) is 23.9 Å². The van der Waals surface area contributed by atoms with Crippen LogP contribution in [0.25, 0.3) is 0 Å². The predicted molar refractivity (Wildman–Crippen MR) is 187 cm³/mol. The third-order valence-corrected chi connectivity index (χ3v) is 9.50. The zero-order chi connectivity index (χ0) is 31.9. The van der Waals surface area contributed by atoms with Gasteiger partial charge in [0.05, 0.1) is 25.0 Å². The number of hydrogen-bond acceptors (Lipinski definition) is 7. The van der Waals surface area contributed by atoms with Crippen LogP contribution in [0.15, 0.2) is 67.8 Å². The van der Waals surface area contributed by atoms with E-state index in [0.29, 0.717) is 35.8 Å². The molecular formula is C35H52ClN3O4S. The molecule has 2 aromatic rings. The van der Waals surface area contributed by atoms with Gasteiger partial charge in [-0.25, -0.2) is 0 Å². The number of anilines is 1. The molecule has 1 amide bonds. The van der Waals surface area contributed by atoms with Gasteiger partial charge in [0.15, 0.2) is 0 Å². The minimum Gasteiger partial charge on any atom is -0.491 e. The van der Waals surface area contributed by atoms with Gasteiger partial charge in [-0.05, 0) is 92.2 Å². The van der Waals surface area contributed by atoms with Gasteiger partial charge in [-0.2, -0.15) is 0 Å². The molecule has 2 aromatic carbocycles. The van der Waals surface area contributed by atoms with Gasteiger partial charge >= 0.3 is 0 Å². The minimum absolute atomic E-state index is 0. The fraction of sp³-hybridized carbons (Fsp3) is 0.514. The number of nitrogens with zero attached hydrogens (tertiary/aromatic N) is 1. The summed E-state index contributed by atoms with van der Waals surface area (Å²) in [6.45, 7) is 10.8. The van der Waals surface area contributed by atoms with Crippen molar-refractivity contribution in [3.05, 3.63) is 83.9 Å². The number of benzene rings is 2. The number of hydrogen-bond donors (Lipinski definition) is 2. The maximum absolute atomic E-state index is 11.9. The Morgan fingerprint density at radius 1 is 1.25 bits per heavy atom. The third-order valence-electron chi connectivity index (χ3n) is 8.60. The monoisotopic (exact) mass is 645 g/mol. The number of nitrogens with two attached hydrogens (primary N) is 2. The fourth-order valence-electron chi connectivity index (χ4n) is 6.12. The molecule has 0 aromatic heterocycles. The molecule has 1 aliphatic carbocycles. The molecule has 1 saturated carbocycles. The average molecular weight is 646 g/mol. The number of carbonyl (C=O) groups is 1. The number of allylic oxidation sites excluding steroid dienone is 1. The first-order valence-corrected chi connectivity index (χ1v) is 16.9. The van der Waals surface area contributed by atoms with Gasteiger partial charge in [0, 0.05) is 51.0 Å². The highest BCUT2D eigenvalue weighted by atomic mass is 35.5. The van der Waals surface area contributed by atoms with Gasteiger partial charge in [0.2, 0.25) is 5.91 Å². The highest BCUT2D eigenvalue weighted by Crippen LogP contribution is 2.42. The molecule has 9 heteroatoms. The van der Waals surface area contributed by atoms with E-state index in [1.54, 1.807) is 20.3 Å². The standard InChI is InChI=1S/C28H35ClN2O3.C7H15NOS.H2/c1-3-26(33-2)24-12-10-22(24)17-31-16-20(8-4-6-19-7-5-9-23(29)14-19)18-34-27-13-11-21(28(30)32)15-25(27)31;1-3-4-7(5-9-2)6-10-8;/h3,5,7,9,11,13-15,20,22,24,26H,1,4,6,8,10,12,16-18H2,2H3,(H2,30,32);3,7H,1,4-6,8H2,2H3;1H/t20?,22-,24+,26-;;/m0../s1. The van der Waals surface area contributed by atoms with Gasteiger partial charge in [-0.15, -0.1) is 13.2 Å². The number of carbonyl (C=O) groups excluding carboxylic acids is 1. The largest absolute Gasteiger partial charge is 0.491 e. The summed E-state index contributed by atoms with van der Waals surface area (Å²) in [5.74, 6) is 3.24. The topological polar surface area (TPSA) is 100 Å². The van der Waals surface area contributed by atoms with Gasteiger partial charge in [-0.1, -0.05) is 47.8 Å². The molecule has 44 heavy (non-hydrogen) atoms. The van der Waals surface area contributed by atoms with E-state index in [-0.39, 0.29) is 7.53 Å². The second-order valence-corrected chi connectivity index (χ2v) is 12.9. The molecule has 2 aliphatic rings. The quantitative estimate of drug-likeness (QED) is 0.147. The van der Waals surface area contributed by atoms with Crippen LogP contribution in [-0.2, 0) is 15.9 Å². The molecule has 1 fully saturated rings. The van der Waals surface area contributed by atoms with Crippen LogP contribution >= 0.6 is 23.5 Å². The number of ether oxygens (including phenoxy) is 3. The Hall–Kier alpha value is -2.49. The van der Waals surface area contributed by atoms with Crippen LogP contribution in [0.3, 0.4) is 0 Å². The Morgan fingerprint density at radius 2 is 2.07 bits per heavy atom. The van der Waals surface area contributed by atoms with Gasteiger partial charge < -0.3 is 24.8 Å². The van der Waals surface area contributed by atoms with E-state index < -0.39 is 5.91 Å². The Bertz CT molecular complexity index is 1200. The number of amides is 1. The lowest BCUT2D eigenvalue weighted by Crippen LogP contribution is -2.44. The zero-order valence-corrected chi connectivity index (χ0v) is 27.9. The number of halogens is 1. The molecular weight excluding hydrogens is 594 g/mol. The maximum atomic E-state index is 11.9. The molecule has 244 valence electrons. The van der Waals surface area contributed by atoms with Crippen molar-refractivity contribution in [2.45, 2.75) is 44.6 Å². The van der Waals surface area contributed by atoms with Gasteiger partial charge in [-0.3, -0.25) is 9.93 Å². The van der Waals surface area contributed by atoms with Crippen molar-refractivity contribution in [1.82, 2.24) is 0 Å². The molecule has 4 N–H and O–H groups in total. The molecule has 0 saturated heterocycles. The summed E-state index contributed by atoms with van der Waals surface area (Å²) < 4.78 is 16.9. The summed E-state index contributed by atoms with van der Waals surface area (Å²) in [5.41, 5.74) is 8.33. The minimum atomic E-state index is -0.419. The summed E-state index contributed by atoms with van der Waals surface area (Å²) in [7, 11) is 3.46. The van der Waals surface area contributed by atoms with Crippen molar-refractivity contribution in [3.8, 4) is 5.75 Å². The van der Waals surface area contributed by atoms with E-state index in [9.17, 15) is 4.79 Å². The summed E-state index contributed by atoms with van der Waals surface area (Å²) >= 11 is 7.51. The number of primary amides is 1. The lowest BCUT2D eigenvalue weighted by atomic mass is 9.70. The normalized spacial score (nSPS) is 20.5. The van der Waals surface area contributed by atoms with E-state index in [1.807, 2.05) is 42.5 Å². The van der Waals surface area contributed by atoms with E-state index in [4.69, 9.17) is 36.7 Å². The lowest BCUT2D eigenvalue weighted by molar-refractivity contribution is 0.0137. The van der Waals surface area contributed by atoms with Crippen LogP contribution in [0.5, 0.6) is 5.75 Å². The Morgan fingerprint density at radius 3 is 2.68 bits per heavy atom. The van der Waals surface area contributed by atoms with Crippen molar-refractivity contribution in [2.24, 2.45) is 34.5 Å². The van der Waals surface area contributed by atoms with E-state index in [2.05, 4.69) is 24.1 Å². The summed E-state index contributed by atoms with van der Waals surface area (Å²) in [5, 5.41) is 6.10. The molecule has 0 spiro atoms. The molecule has 0 bridgehead atoms. The first kappa shape index (κ1) is 36.0. The van der Waals surface area contributed by atoms with Crippen LogP contribution in [0, 0.1) is 23.7 Å². The highest BCUT2D eigenvalue weighted by molar-refractivity contribution is 7.97. The SMILES string of the molecule is C=CCC(COC)CSN.C=C[C@H](OC)[C@@H]1CC[C@H]1CN1CC(CCCc2cccc(Cl)c2)COc2ccc(C(N)=O)cc21.[HH]. The molecule has 1 heterocycles. The van der Waals surface area contributed by atoms with E-state index >= 15 is 0 Å². The van der Waals surface area contributed by atoms with Crippen molar-refractivity contribution in [3.63, 3.8) is 0 Å². The van der Waals surface area contributed by atoms with Crippen LogP contribution < -0.4 is 20.5 Å². The van der Waals surface area contributed by atoms with Crippen molar-refractivity contribution in [1.29, 1.82) is 0 Å². The first-order chi connectivity index (χ1) is 21.3. The Balaban J connectivity index is 0.000000555. The number of methoxy groups -OCH3 is 2. The molecule has 0 radical (unpaired) electrons. The summed E-state index contributed by atoms with van der Waals surface area (Å²) in [6, 6.07) is 13.6. The van der Waals surface area contributed by atoms with Crippen molar-refractivity contribution in [2.75, 3.05) is 51.2 Å². The molecule has 7 nitrogen and oxygen atoms in total. The molecule has 4 rings (SSSR count). The van der Waals surface area contributed by atoms with Gasteiger partial charge in [0.25, 0.3) is 0 Å². The van der Waals surface area contributed by atoms with Crippen molar-refractivity contribution >= 4 is 35.1 Å². The second kappa shape index (κ2) is 19.1. The fourth-order valence-corrected chi connectivity index (χ4v) is 6.84. The Labute approximate surface area is 274 Å². The lowest BCUT2D eigenvalue weighted by Gasteiger charge is -2.43. The predicted octanol–water partition coefficient (Wildman–Crippen LogP) is 7.18. The van der Waals surface area contributed by atoms with Crippen molar-refractivity contribution < 1.29 is 20.4 Å². The highest BCUT2D eigenvalue weighted by Gasteiger charge is 2.38. The molecule has 2 unspecified atom stereocenters. The first-order valence-electron chi connectivity index (χ1n) is 15.5.